The summed E-state index contributed by atoms with van der Waals surface area (Å²) >= 11 is 0. The van der Waals surface area contributed by atoms with Crippen LogP contribution in [0.5, 0.6) is 0 Å². The van der Waals surface area contributed by atoms with E-state index in [9.17, 15) is 13.6 Å². The summed E-state index contributed by atoms with van der Waals surface area (Å²) in [5.74, 6) is -1.29. The number of unbranched alkanes of at least 4 members (excludes halogenated alkanes) is 1. The Hall–Kier alpha value is -2.31. The molecule has 0 spiro atoms. The zero-order chi connectivity index (χ0) is 20.5. The third-order valence-corrected chi connectivity index (χ3v) is 4.89. The number of nitrogens with zero attached hydrogens (tertiary/aromatic N) is 1. The van der Waals surface area contributed by atoms with Crippen LogP contribution in [0.15, 0.2) is 42.5 Å². The molecule has 28 heavy (non-hydrogen) atoms. The van der Waals surface area contributed by atoms with E-state index in [1.807, 2.05) is 7.05 Å². The quantitative estimate of drug-likeness (QED) is 0.362. The summed E-state index contributed by atoms with van der Waals surface area (Å²) in [5, 5.41) is 9.02. The summed E-state index contributed by atoms with van der Waals surface area (Å²) in [4.78, 5) is 14.1. The van der Waals surface area contributed by atoms with Crippen LogP contribution in [0.2, 0.25) is 0 Å². The minimum atomic E-state index is -0.415. The molecule has 2 rings (SSSR count). The van der Waals surface area contributed by atoms with Crippen molar-refractivity contribution in [3.8, 4) is 0 Å². The van der Waals surface area contributed by atoms with E-state index in [0.29, 0.717) is 18.4 Å². The van der Waals surface area contributed by atoms with E-state index in [4.69, 9.17) is 5.21 Å². The third kappa shape index (κ3) is 7.02. The largest absolute Gasteiger partial charge is 0.302 e. The van der Waals surface area contributed by atoms with Gasteiger partial charge in [0.2, 0.25) is 5.91 Å². The van der Waals surface area contributed by atoms with Crippen LogP contribution in [0.3, 0.4) is 0 Å². The molecule has 0 saturated carbocycles. The highest BCUT2D eigenvalue weighted by atomic mass is 19.1. The molecule has 6 heteroatoms. The number of benzene rings is 2. The standard InChI is InChI=1S/C22H28F2N2O2/c1-16-13-18(8-11-21(16)24)14-19(22(27)25-28)5-3-4-12-26(2)15-17-6-9-20(23)10-7-17/h6-11,13,19,28H,3-5,12,14-15H2,1-2H3,(H,25,27)/t19-/m0/s1. The van der Waals surface area contributed by atoms with Crippen molar-refractivity contribution in [3.63, 3.8) is 0 Å². The molecule has 2 N–H and O–H groups in total. The SMILES string of the molecule is Cc1cc(C[C@H](CCCCN(C)Cc2ccc(F)cc2)C(=O)NO)ccc1F. The lowest BCUT2D eigenvalue weighted by Gasteiger charge is -2.18. The van der Waals surface area contributed by atoms with Gasteiger partial charge in [-0.25, -0.2) is 14.3 Å². The molecular weight excluding hydrogens is 362 g/mol. The Labute approximate surface area is 165 Å². The normalized spacial score (nSPS) is 12.2. The Kier molecular flexibility index (Phi) is 8.54. The zero-order valence-electron chi connectivity index (χ0n) is 16.4. The number of carbonyl (C=O) groups is 1. The summed E-state index contributed by atoms with van der Waals surface area (Å²) in [7, 11) is 2.00. The second-order valence-electron chi connectivity index (χ2n) is 7.32. The van der Waals surface area contributed by atoms with E-state index in [1.165, 1.54) is 18.2 Å². The van der Waals surface area contributed by atoms with Crippen LogP contribution in [0.25, 0.3) is 0 Å². The van der Waals surface area contributed by atoms with Gasteiger partial charge >= 0.3 is 0 Å². The molecule has 0 aromatic heterocycles. The van der Waals surface area contributed by atoms with Crippen molar-refractivity contribution >= 4 is 5.91 Å². The smallest absolute Gasteiger partial charge is 0.246 e. The van der Waals surface area contributed by atoms with Gasteiger partial charge in [-0.05, 0) is 74.7 Å². The Morgan fingerprint density at radius 2 is 1.79 bits per heavy atom. The number of halogens is 2. The lowest BCUT2D eigenvalue weighted by Crippen LogP contribution is -2.29. The average Bonchev–Trinajstić information content (AvgIpc) is 2.68. The van der Waals surface area contributed by atoms with Gasteiger partial charge in [-0.2, -0.15) is 0 Å². The molecule has 0 aliphatic carbocycles. The number of hydrogen-bond acceptors (Lipinski definition) is 3. The molecule has 0 unspecified atom stereocenters. The second kappa shape index (κ2) is 10.9. The number of rotatable bonds is 10. The first kappa shape index (κ1) is 22.0. The van der Waals surface area contributed by atoms with Crippen molar-refractivity contribution in [1.29, 1.82) is 0 Å². The Morgan fingerprint density at radius 1 is 1.11 bits per heavy atom. The molecule has 2 aromatic carbocycles. The second-order valence-corrected chi connectivity index (χ2v) is 7.32. The fraction of sp³-hybridized carbons (Fsp3) is 0.409. The number of amides is 1. The molecule has 0 fully saturated rings. The van der Waals surface area contributed by atoms with E-state index < -0.39 is 5.91 Å². The molecule has 152 valence electrons. The topological polar surface area (TPSA) is 52.6 Å². The van der Waals surface area contributed by atoms with Crippen molar-refractivity contribution in [2.75, 3.05) is 13.6 Å². The van der Waals surface area contributed by atoms with E-state index in [1.54, 1.807) is 36.7 Å². The fourth-order valence-electron chi connectivity index (χ4n) is 3.29. The minimum absolute atomic E-state index is 0.240. The van der Waals surface area contributed by atoms with Crippen molar-refractivity contribution < 1.29 is 18.8 Å². The van der Waals surface area contributed by atoms with Crippen LogP contribution >= 0.6 is 0 Å². The van der Waals surface area contributed by atoms with Crippen LogP contribution in [0, 0.1) is 24.5 Å². The van der Waals surface area contributed by atoms with Crippen molar-refractivity contribution in [2.24, 2.45) is 5.92 Å². The van der Waals surface area contributed by atoms with Gasteiger partial charge in [0.1, 0.15) is 11.6 Å². The number of hydroxylamine groups is 1. The van der Waals surface area contributed by atoms with Crippen LogP contribution < -0.4 is 5.48 Å². The first-order valence-electron chi connectivity index (χ1n) is 9.51. The highest BCUT2D eigenvalue weighted by Crippen LogP contribution is 2.18. The maximum atomic E-state index is 13.4. The van der Waals surface area contributed by atoms with Gasteiger partial charge in [0.05, 0.1) is 0 Å². The molecule has 0 aliphatic heterocycles. The third-order valence-electron chi connectivity index (χ3n) is 4.89. The van der Waals surface area contributed by atoms with Crippen molar-refractivity contribution in [1.82, 2.24) is 10.4 Å². The summed E-state index contributed by atoms with van der Waals surface area (Å²) < 4.78 is 26.4. The van der Waals surface area contributed by atoms with Gasteiger partial charge < -0.3 is 4.90 Å². The molecule has 1 amide bonds. The summed E-state index contributed by atoms with van der Waals surface area (Å²) in [6, 6.07) is 11.3. The van der Waals surface area contributed by atoms with Crippen LogP contribution in [-0.4, -0.2) is 29.6 Å². The van der Waals surface area contributed by atoms with E-state index in [2.05, 4.69) is 4.90 Å². The molecule has 0 bridgehead atoms. The van der Waals surface area contributed by atoms with Crippen LogP contribution in [0.4, 0.5) is 8.78 Å². The average molecular weight is 390 g/mol. The van der Waals surface area contributed by atoms with E-state index in [0.717, 1.165) is 37.1 Å². The van der Waals surface area contributed by atoms with Crippen molar-refractivity contribution in [3.05, 3.63) is 70.8 Å². The van der Waals surface area contributed by atoms with Crippen LogP contribution in [-0.2, 0) is 17.8 Å². The molecule has 0 heterocycles. The summed E-state index contributed by atoms with van der Waals surface area (Å²) in [6.45, 7) is 3.27. The summed E-state index contributed by atoms with van der Waals surface area (Å²) in [6.07, 6.45) is 2.81. The lowest BCUT2D eigenvalue weighted by molar-refractivity contribution is -0.133. The van der Waals surface area contributed by atoms with Gasteiger partial charge in [-0.1, -0.05) is 30.7 Å². The highest BCUT2D eigenvalue weighted by Gasteiger charge is 2.18. The van der Waals surface area contributed by atoms with Gasteiger partial charge in [0, 0.05) is 12.5 Å². The Balaban J connectivity index is 1.80. The maximum Gasteiger partial charge on any atom is 0.246 e. The summed E-state index contributed by atoms with van der Waals surface area (Å²) in [5.41, 5.74) is 4.21. The number of nitrogens with one attached hydrogen (secondary N) is 1. The molecule has 4 nitrogen and oxygen atoms in total. The van der Waals surface area contributed by atoms with Gasteiger partial charge in [0.15, 0.2) is 0 Å². The van der Waals surface area contributed by atoms with E-state index >= 15 is 0 Å². The van der Waals surface area contributed by atoms with Gasteiger partial charge in [-0.3, -0.25) is 10.0 Å². The van der Waals surface area contributed by atoms with Crippen LogP contribution in [0.1, 0.15) is 36.0 Å². The Morgan fingerprint density at radius 3 is 2.43 bits per heavy atom. The molecule has 0 saturated heterocycles. The lowest BCUT2D eigenvalue weighted by atomic mass is 9.92. The van der Waals surface area contributed by atoms with Gasteiger partial charge in [0.25, 0.3) is 0 Å². The number of hydrogen-bond donors (Lipinski definition) is 2. The molecule has 1 atom stereocenters. The van der Waals surface area contributed by atoms with Gasteiger partial charge in [-0.15, -0.1) is 0 Å². The zero-order valence-corrected chi connectivity index (χ0v) is 16.4. The minimum Gasteiger partial charge on any atom is -0.302 e. The van der Waals surface area contributed by atoms with Crippen molar-refractivity contribution in [2.45, 2.75) is 39.2 Å². The molecule has 2 aromatic rings. The van der Waals surface area contributed by atoms with E-state index in [-0.39, 0.29) is 17.6 Å². The monoisotopic (exact) mass is 390 g/mol. The first-order chi connectivity index (χ1) is 13.4. The maximum absolute atomic E-state index is 13.4. The molecule has 0 radical (unpaired) electrons. The fourth-order valence-corrected chi connectivity index (χ4v) is 3.29. The number of aryl methyl sites for hydroxylation is 1. The Bertz CT molecular complexity index is 766. The predicted octanol–water partition coefficient (Wildman–Crippen LogP) is 4.24. The first-order valence-corrected chi connectivity index (χ1v) is 9.51. The number of carbonyl (C=O) groups excluding carboxylic acids is 1. The highest BCUT2D eigenvalue weighted by molar-refractivity contribution is 5.77. The molecular formula is C22H28F2N2O2. The predicted molar refractivity (Wildman–Crippen MR) is 105 cm³/mol. The molecule has 0 aliphatic rings.